The molecule has 4 heterocycles. The topological polar surface area (TPSA) is 25.2 Å². The third kappa shape index (κ3) is 3.25. The number of rotatable bonds is 3. The van der Waals surface area contributed by atoms with Gasteiger partial charge in [0.25, 0.3) is 0 Å². The summed E-state index contributed by atoms with van der Waals surface area (Å²) in [4.78, 5) is 2.39. The Balaban J connectivity index is 1.26. The highest BCUT2D eigenvalue weighted by molar-refractivity contribution is 6.25. The van der Waals surface area contributed by atoms with Gasteiger partial charge in [0.1, 0.15) is 5.58 Å². The van der Waals surface area contributed by atoms with Crippen molar-refractivity contribution in [2.45, 2.75) is 0 Å². The van der Waals surface area contributed by atoms with E-state index >= 15 is 0 Å². The number of furan rings is 1. The number of hydrogen-bond acceptors (Lipinski definition) is 2. The van der Waals surface area contributed by atoms with Gasteiger partial charge in [0.15, 0.2) is 5.58 Å². The van der Waals surface area contributed by atoms with Crippen LogP contribution in [0.3, 0.4) is 0 Å². The zero-order valence-corrected chi connectivity index (χ0v) is 26.8. The molecule has 232 valence electrons. The first kappa shape index (κ1) is 26.2. The van der Waals surface area contributed by atoms with Gasteiger partial charge in [-0.3, -0.25) is 0 Å². The van der Waals surface area contributed by atoms with E-state index in [-0.39, 0.29) is 0 Å². The molecular weight excluding hydrogens is 611 g/mol. The summed E-state index contributed by atoms with van der Waals surface area (Å²) in [5, 5.41) is 9.68. The van der Waals surface area contributed by atoms with Gasteiger partial charge in [-0.1, -0.05) is 115 Å². The van der Waals surface area contributed by atoms with Crippen LogP contribution >= 0.6 is 0 Å². The summed E-state index contributed by atoms with van der Waals surface area (Å²) >= 11 is 0. The summed E-state index contributed by atoms with van der Waals surface area (Å²) in [6, 6.07) is 59.2. The molecule has 0 N–H and O–H groups in total. The Morgan fingerprint density at radius 3 is 1.74 bits per heavy atom. The summed E-state index contributed by atoms with van der Waals surface area (Å²) in [5.74, 6) is 0. The molecule has 12 aromatic rings. The van der Waals surface area contributed by atoms with Crippen molar-refractivity contribution in [1.82, 2.24) is 8.80 Å². The Bertz CT molecular complexity index is 3340. The average molecular weight is 638 g/mol. The first-order valence-corrected chi connectivity index (χ1v) is 17.1. The van der Waals surface area contributed by atoms with Crippen molar-refractivity contribution in [3.05, 3.63) is 164 Å². The van der Waals surface area contributed by atoms with Gasteiger partial charge in [-0.05, 0) is 53.9 Å². The lowest BCUT2D eigenvalue weighted by Gasteiger charge is -2.27. The van der Waals surface area contributed by atoms with Gasteiger partial charge in [0.2, 0.25) is 0 Å². The largest absolute Gasteiger partial charge is 0.454 e. The third-order valence-electron chi connectivity index (χ3n) is 10.8. The minimum Gasteiger partial charge on any atom is -0.454 e. The molecule has 0 fully saturated rings. The molecule has 50 heavy (non-hydrogen) atoms. The van der Waals surface area contributed by atoms with Crippen LogP contribution in [0.4, 0.5) is 17.1 Å². The smallest absolute Gasteiger partial charge is 0.159 e. The summed E-state index contributed by atoms with van der Waals surface area (Å²) in [7, 11) is 0. The number of para-hydroxylation sites is 4. The van der Waals surface area contributed by atoms with E-state index in [1.165, 1.54) is 59.9 Å². The van der Waals surface area contributed by atoms with E-state index in [1.54, 1.807) is 0 Å². The molecule has 4 aromatic heterocycles. The second kappa shape index (κ2) is 9.43. The van der Waals surface area contributed by atoms with Gasteiger partial charge in [-0.25, -0.2) is 0 Å². The van der Waals surface area contributed by atoms with E-state index in [0.717, 1.165) is 44.5 Å². The van der Waals surface area contributed by atoms with E-state index < -0.39 is 0 Å². The van der Waals surface area contributed by atoms with Gasteiger partial charge in [-0.2, -0.15) is 0 Å². The molecule has 0 radical (unpaired) electrons. The Morgan fingerprint density at radius 1 is 0.380 bits per heavy atom. The van der Waals surface area contributed by atoms with Crippen molar-refractivity contribution in [3.63, 3.8) is 0 Å². The maximum atomic E-state index is 6.70. The van der Waals surface area contributed by atoms with E-state index in [2.05, 4.69) is 171 Å². The van der Waals surface area contributed by atoms with Crippen LogP contribution in [0.15, 0.2) is 168 Å². The Hall–Kier alpha value is -6.78. The highest BCUT2D eigenvalue weighted by Crippen LogP contribution is 2.47. The van der Waals surface area contributed by atoms with Crippen LogP contribution in [-0.2, 0) is 0 Å². The van der Waals surface area contributed by atoms with Crippen LogP contribution in [-0.4, -0.2) is 8.80 Å². The standard InChI is InChI=1S/C46H27N3O/c1-2-13-30-28(11-1)12-9-20-37(30)47(41-21-10-17-36-33-16-5-8-22-43(33)50-46(36)41)29-23-26-40-42(27-29)49-39-19-7-4-15-32(39)35-25-24-34-31-14-3-6-18-38(31)48(40)44(34)45(35)49/h1-27H. The molecule has 8 aromatic carbocycles. The van der Waals surface area contributed by atoms with Crippen molar-refractivity contribution in [3.8, 4) is 0 Å². The van der Waals surface area contributed by atoms with E-state index in [9.17, 15) is 0 Å². The molecule has 0 bridgehead atoms. The minimum absolute atomic E-state index is 0.872. The summed E-state index contributed by atoms with van der Waals surface area (Å²) in [6.45, 7) is 0. The molecule has 4 heteroatoms. The van der Waals surface area contributed by atoms with Crippen molar-refractivity contribution in [1.29, 1.82) is 0 Å². The Kier molecular flexibility index (Phi) is 4.94. The van der Waals surface area contributed by atoms with Crippen LogP contribution in [0.25, 0.3) is 87.4 Å². The molecule has 12 rings (SSSR count). The molecule has 0 saturated heterocycles. The Labute approximate surface area is 285 Å². The molecule has 0 aliphatic heterocycles. The fraction of sp³-hybridized carbons (Fsp3) is 0. The molecule has 0 aliphatic rings. The highest BCUT2D eigenvalue weighted by atomic mass is 16.3. The Morgan fingerprint density at radius 2 is 0.960 bits per heavy atom. The van der Waals surface area contributed by atoms with Gasteiger partial charge in [0, 0.05) is 43.4 Å². The second-order valence-corrected chi connectivity index (χ2v) is 13.3. The number of fused-ring (bicyclic) bond motifs is 13. The second-order valence-electron chi connectivity index (χ2n) is 13.3. The molecule has 0 aliphatic carbocycles. The van der Waals surface area contributed by atoms with Crippen molar-refractivity contribution < 1.29 is 4.42 Å². The summed E-state index contributed by atoms with van der Waals surface area (Å²) in [5.41, 5.74) is 12.2. The number of anilines is 3. The van der Waals surface area contributed by atoms with Crippen molar-refractivity contribution in [2.75, 3.05) is 4.90 Å². The zero-order valence-electron chi connectivity index (χ0n) is 26.8. The quantitative estimate of drug-likeness (QED) is 0.180. The first-order chi connectivity index (χ1) is 24.8. The number of aromatic nitrogens is 2. The molecule has 0 unspecified atom stereocenters. The maximum Gasteiger partial charge on any atom is 0.159 e. The van der Waals surface area contributed by atoms with Gasteiger partial charge >= 0.3 is 0 Å². The van der Waals surface area contributed by atoms with Crippen LogP contribution in [0, 0.1) is 0 Å². The first-order valence-electron chi connectivity index (χ1n) is 17.1. The van der Waals surface area contributed by atoms with Crippen molar-refractivity contribution in [2.24, 2.45) is 0 Å². The lowest BCUT2D eigenvalue weighted by molar-refractivity contribution is 0.669. The molecule has 0 atom stereocenters. The molecular formula is C46H27N3O. The molecule has 0 saturated carbocycles. The molecule has 4 nitrogen and oxygen atoms in total. The van der Waals surface area contributed by atoms with E-state index in [4.69, 9.17) is 4.42 Å². The summed E-state index contributed by atoms with van der Waals surface area (Å²) in [6.07, 6.45) is 0. The third-order valence-corrected chi connectivity index (χ3v) is 10.8. The predicted molar refractivity (Wildman–Crippen MR) is 209 cm³/mol. The number of nitrogens with zero attached hydrogens (tertiary/aromatic N) is 3. The fourth-order valence-electron chi connectivity index (χ4n) is 8.74. The van der Waals surface area contributed by atoms with Gasteiger partial charge in [-0.15, -0.1) is 0 Å². The predicted octanol–water partition coefficient (Wildman–Crippen LogP) is 12.8. The van der Waals surface area contributed by atoms with Crippen molar-refractivity contribution >= 4 is 104 Å². The highest BCUT2D eigenvalue weighted by Gasteiger charge is 2.25. The van der Waals surface area contributed by atoms with Crippen LogP contribution < -0.4 is 4.90 Å². The lowest BCUT2D eigenvalue weighted by atomic mass is 10.1. The number of benzene rings is 8. The maximum absolute atomic E-state index is 6.70. The normalized spacial score (nSPS) is 12.4. The molecule has 0 amide bonds. The van der Waals surface area contributed by atoms with E-state index in [1.807, 2.05) is 6.07 Å². The SMILES string of the molecule is c1ccc2c(N(c3ccc4c(c3)n3c5ccccc5c5ccc6c7ccccc7n4c6c53)c3cccc4c3oc3ccccc34)cccc2c1. The van der Waals surface area contributed by atoms with Crippen LogP contribution in [0.1, 0.15) is 0 Å². The van der Waals surface area contributed by atoms with Gasteiger partial charge < -0.3 is 18.1 Å². The fourth-order valence-corrected chi connectivity index (χ4v) is 8.74. The molecule has 0 spiro atoms. The number of hydrogen-bond donors (Lipinski definition) is 0. The van der Waals surface area contributed by atoms with E-state index in [0.29, 0.717) is 0 Å². The average Bonchev–Trinajstić information content (AvgIpc) is 3.84. The summed E-state index contributed by atoms with van der Waals surface area (Å²) < 4.78 is 11.7. The monoisotopic (exact) mass is 637 g/mol. The van der Waals surface area contributed by atoms with Crippen LogP contribution in [0.2, 0.25) is 0 Å². The van der Waals surface area contributed by atoms with Gasteiger partial charge in [0.05, 0.1) is 44.5 Å². The zero-order chi connectivity index (χ0) is 32.5. The van der Waals surface area contributed by atoms with Crippen LogP contribution in [0.5, 0.6) is 0 Å². The lowest BCUT2D eigenvalue weighted by Crippen LogP contribution is -2.11. The minimum atomic E-state index is 0.872.